The Morgan fingerprint density at radius 1 is 1.37 bits per heavy atom. The third-order valence-corrected chi connectivity index (χ3v) is 2.55. The molecule has 0 aliphatic rings. The molecular weight excluding hydrogens is 254 g/mol. The molecule has 0 aliphatic heterocycles. The van der Waals surface area contributed by atoms with Crippen LogP contribution < -0.4 is 11.2 Å². The van der Waals surface area contributed by atoms with E-state index in [-0.39, 0.29) is 24.6 Å². The molecule has 0 spiro atoms. The maximum atomic E-state index is 11.8. The molecule has 8 nitrogen and oxygen atoms in total. The summed E-state index contributed by atoms with van der Waals surface area (Å²) in [6.07, 6.45) is -0.165. The van der Waals surface area contributed by atoms with E-state index < -0.39 is 23.1 Å². The number of hydrogen-bond acceptors (Lipinski definition) is 4. The third-order valence-electron chi connectivity index (χ3n) is 2.55. The zero-order valence-corrected chi connectivity index (χ0v) is 10.6. The smallest absolute Gasteiger partial charge is 0.325 e. The van der Waals surface area contributed by atoms with E-state index in [0.717, 1.165) is 6.07 Å². The molecule has 1 amide bonds. The quantitative estimate of drug-likeness (QED) is 0.618. The number of H-pyrrole nitrogens is 2. The number of rotatable bonds is 5. The number of carboxylic acid groups (broad SMARTS) is 1. The molecule has 1 atom stereocenters. The Hall–Kier alpha value is -2.38. The topological polar surface area (TPSA) is 123 Å². The molecule has 3 N–H and O–H groups in total. The monoisotopic (exact) mass is 269 g/mol. The highest BCUT2D eigenvalue weighted by Crippen LogP contribution is 2.01. The lowest BCUT2D eigenvalue weighted by atomic mass is 10.1. The van der Waals surface area contributed by atoms with Crippen molar-refractivity contribution in [1.82, 2.24) is 14.9 Å². The van der Waals surface area contributed by atoms with Crippen molar-refractivity contribution in [3.8, 4) is 0 Å². The molecule has 0 aliphatic carbocycles. The number of nitrogens with one attached hydrogen (secondary N) is 2. The highest BCUT2D eigenvalue weighted by Gasteiger charge is 2.17. The van der Waals surface area contributed by atoms with Crippen molar-refractivity contribution in [2.75, 3.05) is 13.6 Å². The van der Waals surface area contributed by atoms with Crippen LogP contribution in [0.5, 0.6) is 0 Å². The highest BCUT2D eigenvalue weighted by molar-refractivity contribution is 5.79. The molecule has 1 aromatic rings. The van der Waals surface area contributed by atoms with Crippen LogP contribution in [0.4, 0.5) is 0 Å². The van der Waals surface area contributed by atoms with Crippen molar-refractivity contribution in [3.63, 3.8) is 0 Å². The normalized spacial score (nSPS) is 11.9. The Morgan fingerprint density at radius 3 is 2.53 bits per heavy atom. The predicted octanol–water partition coefficient (Wildman–Crippen LogP) is -1.22. The summed E-state index contributed by atoms with van der Waals surface area (Å²) in [5.41, 5.74) is -1.08. The van der Waals surface area contributed by atoms with Crippen molar-refractivity contribution >= 4 is 11.9 Å². The van der Waals surface area contributed by atoms with Gasteiger partial charge in [0.1, 0.15) is 0 Å². The van der Waals surface area contributed by atoms with E-state index in [2.05, 4.69) is 4.98 Å². The summed E-state index contributed by atoms with van der Waals surface area (Å²) < 4.78 is 0. The lowest BCUT2D eigenvalue weighted by Crippen LogP contribution is -2.35. The Morgan fingerprint density at radius 2 is 2.00 bits per heavy atom. The van der Waals surface area contributed by atoms with Crippen LogP contribution in [-0.2, 0) is 16.0 Å². The van der Waals surface area contributed by atoms with E-state index in [9.17, 15) is 19.2 Å². The van der Waals surface area contributed by atoms with Gasteiger partial charge >= 0.3 is 11.7 Å². The molecular formula is C11H15N3O5. The molecule has 0 saturated heterocycles. The van der Waals surface area contributed by atoms with E-state index in [1.807, 2.05) is 4.98 Å². The van der Waals surface area contributed by atoms with Crippen LogP contribution in [0.15, 0.2) is 15.7 Å². The van der Waals surface area contributed by atoms with Gasteiger partial charge in [-0.25, -0.2) is 4.79 Å². The van der Waals surface area contributed by atoms with E-state index in [1.165, 1.54) is 18.9 Å². The van der Waals surface area contributed by atoms with Gasteiger partial charge in [0.05, 0.1) is 12.3 Å². The summed E-state index contributed by atoms with van der Waals surface area (Å²) in [5, 5.41) is 8.74. The van der Waals surface area contributed by atoms with Gasteiger partial charge in [0.15, 0.2) is 0 Å². The number of carbonyl (C=O) groups excluding carboxylic acids is 1. The van der Waals surface area contributed by atoms with Gasteiger partial charge in [-0.05, 0) is 0 Å². The molecule has 0 bridgehead atoms. The Balaban J connectivity index is 2.71. The molecule has 0 radical (unpaired) electrons. The number of nitrogens with zero attached hydrogens (tertiary/aromatic N) is 1. The first-order valence-corrected chi connectivity index (χ1v) is 5.59. The first kappa shape index (κ1) is 14.7. The van der Waals surface area contributed by atoms with Gasteiger partial charge in [-0.3, -0.25) is 19.4 Å². The fourth-order valence-electron chi connectivity index (χ4n) is 1.50. The molecule has 104 valence electrons. The minimum absolute atomic E-state index is 0.0571. The summed E-state index contributed by atoms with van der Waals surface area (Å²) in [7, 11) is 1.47. The molecule has 1 rings (SSSR count). The van der Waals surface area contributed by atoms with Gasteiger partial charge < -0.3 is 15.0 Å². The van der Waals surface area contributed by atoms with E-state index in [0.29, 0.717) is 0 Å². The Kier molecular flexibility index (Phi) is 4.62. The average molecular weight is 269 g/mol. The van der Waals surface area contributed by atoms with Gasteiger partial charge in [-0.15, -0.1) is 0 Å². The number of hydrogen-bond donors (Lipinski definition) is 3. The fraction of sp³-hybridized carbons (Fsp3) is 0.455. The lowest BCUT2D eigenvalue weighted by molar-refractivity contribution is -0.142. The van der Waals surface area contributed by atoms with E-state index in [1.54, 1.807) is 0 Å². The molecule has 1 unspecified atom stereocenters. The van der Waals surface area contributed by atoms with Crippen molar-refractivity contribution in [1.29, 1.82) is 0 Å². The molecule has 8 heteroatoms. The second-order valence-electron chi connectivity index (χ2n) is 4.30. The number of aromatic amines is 2. The Labute approximate surface area is 108 Å². The van der Waals surface area contributed by atoms with E-state index in [4.69, 9.17) is 5.11 Å². The van der Waals surface area contributed by atoms with Crippen LogP contribution in [0, 0.1) is 5.92 Å². The zero-order chi connectivity index (χ0) is 14.6. The number of likely N-dealkylation sites (N-methyl/N-ethyl adjacent to an activating group) is 1. The van der Waals surface area contributed by atoms with Gasteiger partial charge in [-0.2, -0.15) is 0 Å². The average Bonchev–Trinajstić information content (AvgIpc) is 2.26. The van der Waals surface area contributed by atoms with Crippen molar-refractivity contribution in [3.05, 3.63) is 32.6 Å². The molecule has 1 heterocycles. The number of aliphatic carboxylic acids is 1. The molecule has 0 fully saturated rings. The number of aromatic nitrogens is 2. The van der Waals surface area contributed by atoms with Gasteiger partial charge in [0, 0.05) is 25.4 Å². The van der Waals surface area contributed by atoms with Gasteiger partial charge in [0.25, 0.3) is 5.56 Å². The standard InChI is InChI=1S/C11H15N3O5/c1-6(10(17)18)5-14(2)9(16)4-7-3-8(15)13-11(19)12-7/h3,6H,4-5H2,1-2H3,(H,17,18)(H2,12,13,15,19). The number of carbonyl (C=O) groups is 2. The highest BCUT2D eigenvalue weighted by atomic mass is 16.4. The second-order valence-corrected chi connectivity index (χ2v) is 4.30. The summed E-state index contributed by atoms with van der Waals surface area (Å²) in [6.45, 7) is 1.54. The number of amides is 1. The Bertz CT molecular complexity index is 560. The van der Waals surface area contributed by atoms with Crippen LogP contribution in [0.3, 0.4) is 0 Å². The first-order chi connectivity index (χ1) is 8.79. The lowest BCUT2D eigenvalue weighted by Gasteiger charge is -2.19. The molecule has 0 saturated carbocycles. The number of carboxylic acids is 1. The molecule has 19 heavy (non-hydrogen) atoms. The fourth-order valence-corrected chi connectivity index (χ4v) is 1.50. The van der Waals surface area contributed by atoms with Crippen molar-refractivity contribution in [2.24, 2.45) is 5.92 Å². The van der Waals surface area contributed by atoms with Crippen LogP contribution in [0.25, 0.3) is 0 Å². The summed E-state index contributed by atoms with van der Waals surface area (Å²) in [5.74, 6) is -2.06. The summed E-state index contributed by atoms with van der Waals surface area (Å²) >= 11 is 0. The minimum Gasteiger partial charge on any atom is -0.481 e. The molecule has 1 aromatic heterocycles. The maximum Gasteiger partial charge on any atom is 0.325 e. The van der Waals surface area contributed by atoms with Crippen molar-refractivity contribution in [2.45, 2.75) is 13.3 Å². The maximum absolute atomic E-state index is 11.8. The van der Waals surface area contributed by atoms with Crippen LogP contribution >= 0.6 is 0 Å². The minimum atomic E-state index is -0.996. The van der Waals surface area contributed by atoms with E-state index >= 15 is 0 Å². The van der Waals surface area contributed by atoms with Gasteiger partial charge in [0.2, 0.25) is 5.91 Å². The van der Waals surface area contributed by atoms with Crippen LogP contribution in [0.2, 0.25) is 0 Å². The molecule has 0 aromatic carbocycles. The zero-order valence-electron chi connectivity index (χ0n) is 10.6. The van der Waals surface area contributed by atoms with Gasteiger partial charge in [-0.1, -0.05) is 6.92 Å². The second kappa shape index (κ2) is 5.98. The van der Waals surface area contributed by atoms with Crippen LogP contribution in [-0.4, -0.2) is 45.4 Å². The third kappa shape index (κ3) is 4.41. The SMILES string of the molecule is CC(CN(C)C(=O)Cc1cc(=O)[nH]c(=O)[nH]1)C(=O)O. The largest absolute Gasteiger partial charge is 0.481 e. The first-order valence-electron chi connectivity index (χ1n) is 5.59. The predicted molar refractivity (Wildman–Crippen MR) is 65.8 cm³/mol. The van der Waals surface area contributed by atoms with Crippen molar-refractivity contribution < 1.29 is 14.7 Å². The van der Waals surface area contributed by atoms with Crippen LogP contribution in [0.1, 0.15) is 12.6 Å². The summed E-state index contributed by atoms with van der Waals surface area (Å²) in [4.78, 5) is 50.1. The summed E-state index contributed by atoms with van der Waals surface area (Å²) in [6, 6.07) is 1.12.